The molecule has 0 spiro atoms. The molecule has 4 rings (SSSR count). The molecule has 1 aliphatic heterocycles. The standard InChI is InChI=1S/C30H34N2O4S/c1-6-9-24-26(29(34)36-8-3)27(22-14-12-21(13-15-22)19(4)5)32-28(33)25(37-30(32)31-24)18-20-10-16-23(17-11-20)35-7-2/h10-19,27H,6-9H2,1-5H3/b25-18-/t27-/m0/s1. The van der Waals surface area contributed by atoms with Crippen molar-refractivity contribution in [3.8, 4) is 5.75 Å². The third-order valence-corrected chi connectivity index (χ3v) is 7.28. The monoisotopic (exact) mass is 518 g/mol. The van der Waals surface area contributed by atoms with E-state index < -0.39 is 12.0 Å². The highest BCUT2D eigenvalue weighted by Crippen LogP contribution is 2.33. The molecule has 0 radical (unpaired) electrons. The van der Waals surface area contributed by atoms with Crippen LogP contribution in [-0.4, -0.2) is 23.8 Å². The second-order valence-electron chi connectivity index (χ2n) is 9.24. The zero-order valence-electron chi connectivity index (χ0n) is 22.1. The zero-order chi connectivity index (χ0) is 26.5. The molecule has 2 heterocycles. The highest BCUT2D eigenvalue weighted by atomic mass is 32.1. The first kappa shape index (κ1) is 26.6. The highest BCUT2D eigenvalue weighted by molar-refractivity contribution is 7.07. The normalized spacial score (nSPS) is 15.5. The number of aromatic nitrogens is 1. The number of fused-ring (bicyclic) bond motifs is 1. The summed E-state index contributed by atoms with van der Waals surface area (Å²) in [4.78, 5) is 32.5. The number of benzene rings is 2. The van der Waals surface area contributed by atoms with E-state index in [-0.39, 0.29) is 12.2 Å². The van der Waals surface area contributed by atoms with Crippen molar-refractivity contribution in [1.29, 1.82) is 0 Å². The lowest BCUT2D eigenvalue weighted by Crippen LogP contribution is -2.40. The van der Waals surface area contributed by atoms with Gasteiger partial charge in [-0.15, -0.1) is 0 Å². The summed E-state index contributed by atoms with van der Waals surface area (Å²) >= 11 is 1.35. The van der Waals surface area contributed by atoms with E-state index in [1.807, 2.05) is 49.4 Å². The molecule has 3 aromatic rings. The number of thiazole rings is 1. The SMILES string of the molecule is CCCC1=C(C(=O)OCC)[C@H](c2ccc(C(C)C)cc2)n2c(s/c(=C\c3ccc(OCC)cc3)c2=O)=N1. The smallest absolute Gasteiger partial charge is 0.338 e. The molecule has 1 aromatic heterocycles. The molecule has 2 aromatic carbocycles. The summed E-state index contributed by atoms with van der Waals surface area (Å²) in [6.45, 7) is 10.9. The summed E-state index contributed by atoms with van der Waals surface area (Å²) in [5.74, 6) is 0.739. The van der Waals surface area contributed by atoms with Gasteiger partial charge in [0.1, 0.15) is 5.75 Å². The van der Waals surface area contributed by atoms with Gasteiger partial charge in [0, 0.05) is 0 Å². The van der Waals surface area contributed by atoms with Gasteiger partial charge in [0.15, 0.2) is 4.80 Å². The number of carbonyl (C=O) groups excluding carboxylic acids is 1. The summed E-state index contributed by atoms with van der Waals surface area (Å²) < 4.78 is 13.2. The van der Waals surface area contributed by atoms with Crippen molar-refractivity contribution in [3.63, 3.8) is 0 Å². The van der Waals surface area contributed by atoms with E-state index in [1.165, 1.54) is 16.9 Å². The number of hydrogen-bond acceptors (Lipinski definition) is 6. The van der Waals surface area contributed by atoms with Crippen LogP contribution in [0.4, 0.5) is 0 Å². The lowest BCUT2D eigenvalue weighted by atomic mass is 9.92. The average molecular weight is 519 g/mol. The predicted molar refractivity (Wildman–Crippen MR) is 148 cm³/mol. The second kappa shape index (κ2) is 11.7. The van der Waals surface area contributed by atoms with Crippen LogP contribution in [0.2, 0.25) is 0 Å². The number of ether oxygens (including phenoxy) is 2. The van der Waals surface area contributed by atoms with Gasteiger partial charge in [0.05, 0.1) is 35.1 Å². The maximum absolute atomic E-state index is 13.8. The van der Waals surface area contributed by atoms with Gasteiger partial charge in [-0.05, 0) is 61.1 Å². The van der Waals surface area contributed by atoms with Crippen LogP contribution < -0.4 is 19.6 Å². The van der Waals surface area contributed by atoms with Crippen LogP contribution in [0.25, 0.3) is 6.08 Å². The maximum Gasteiger partial charge on any atom is 0.338 e. The van der Waals surface area contributed by atoms with Crippen LogP contribution in [0.5, 0.6) is 5.75 Å². The number of hydrogen-bond donors (Lipinski definition) is 0. The number of nitrogens with zero attached hydrogens (tertiary/aromatic N) is 2. The van der Waals surface area contributed by atoms with E-state index in [0.717, 1.165) is 23.3 Å². The fourth-order valence-corrected chi connectivity index (χ4v) is 5.50. The predicted octanol–water partition coefficient (Wildman–Crippen LogP) is 5.10. The first-order valence-electron chi connectivity index (χ1n) is 12.9. The van der Waals surface area contributed by atoms with Crippen LogP contribution in [0.1, 0.15) is 76.1 Å². The number of rotatable bonds is 9. The van der Waals surface area contributed by atoms with Crippen LogP contribution in [0, 0.1) is 0 Å². The highest BCUT2D eigenvalue weighted by Gasteiger charge is 2.34. The average Bonchev–Trinajstić information content (AvgIpc) is 3.19. The van der Waals surface area contributed by atoms with Crippen molar-refractivity contribution in [2.45, 2.75) is 59.4 Å². The van der Waals surface area contributed by atoms with Gasteiger partial charge in [-0.3, -0.25) is 9.36 Å². The summed E-state index contributed by atoms with van der Waals surface area (Å²) in [5, 5.41) is 0. The Morgan fingerprint density at radius 3 is 2.35 bits per heavy atom. The summed E-state index contributed by atoms with van der Waals surface area (Å²) in [7, 11) is 0. The molecular formula is C30H34N2O4S. The van der Waals surface area contributed by atoms with Crippen molar-refractivity contribution in [2.75, 3.05) is 13.2 Å². The molecule has 37 heavy (non-hydrogen) atoms. The lowest BCUT2D eigenvalue weighted by Gasteiger charge is -2.26. The number of carbonyl (C=O) groups is 1. The third-order valence-electron chi connectivity index (χ3n) is 6.30. The Morgan fingerprint density at radius 2 is 1.76 bits per heavy atom. The number of esters is 1. The van der Waals surface area contributed by atoms with E-state index in [0.29, 0.717) is 39.5 Å². The first-order chi connectivity index (χ1) is 17.9. The number of allylic oxidation sites excluding steroid dienone is 1. The summed E-state index contributed by atoms with van der Waals surface area (Å²) in [6, 6.07) is 15.2. The zero-order valence-corrected chi connectivity index (χ0v) is 22.9. The maximum atomic E-state index is 13.8. The molecule has 6 nitrogen and oxygen atoms in total. The van der Waals surface area contributed by atoms with Gasteiger partial charge in [-0.25, -0.2) is 9.79 Å². The van der Waals surface area contributed by atoms with E-state index >= 15 is 0 Å². The molecule has 194 valence electrons. The van der Waals surface area contributed by atoms with Crippen molar-refractivity contribution in [1.82, 2.24) is 4.57 Å². The molecule has 1 aliphatic rings. The van der Waals surface area contributed by atoms with E-state index in [2.05, 4.69) is 32.9 Å². The fourth-order valence-electron chi connectivity index (χ4n) is 4.48. The quantitative estimate of drug-likeness (QED) is 0.370. The van der Waals surface area contributed by atoms with Crippen LogP contribution in [0.3, 0.4) is 0 Å². The van der Waals surface area contributed by atoms with Gasteiger partial charge < -0.3 is 9.47 Å². The Kier molecular flexibility index (Phi) is 8.44. The van der Waals surface area contributed by atoms with Gasteiger partial charge in [0.25, 0.3) is 5.56 Å². The molecule has 1 atom stereocenters. The molecular weight excluding hydrogens is 484 g/mol. The van der Waals surface area contributed by atoms with Gasteiger partial charge in [0.2, 0.25) is 0 Å². The van der Waals surface area contributed by atoms with Crippen molar-refractivity contribution >= 4 is 23.4 Å². The first-order valence-corrected chi connectivity index (χ1v) is 13.7. The van der Waals surface area contributed by atoms with E-state index in [1.54, 1.807) is 11.5 Å². The molecule has 0 saturated heterocycles. The summed E-state index contributed by atoms with van der Waals surface area (Å²) in [6.07, 6.45) is 3.31. The van der Waals surface area contributed by atoms with Gasteiger partial charge in [-0.2, -0.15) is 0 Å². The fraction of sp³-hybridized carbons (Fsp3) is 0.367. The molecule has 0 bridgehead atoms. The van der Waals surface area contributed by atoms with Crippen molar-refractivity contribution in [2.24, 2.45) is 4.99 Å². The van der Waals surface area contributed by atoms with Gasteiger partial charge >= 0.3 is 5.97 Å². The second-order valence-corrected chi connectivity index (χ2v) is 10.2. The van der Waals surface area contributed by atoms with Gasteiger partial charge in [-0.1, -0.05) is 74.9 Å². The van der Waals surface area contributed by atoms with E-state index in [4.69, 9.17) is 14.5 Å². The minimum Gasteiger partial charge on any atom is -0.494 e. The van der Waals surface area contributed by atoms with Crippen molar-refractivity contribution < 1.29 is 14.3 Å². The molecule has 0 aliphatic carbocycles. The molecule has 7 heteroatoms. The molecule has 0 unspecified atom stereocenters. The Balaban J connectivity index is 1.91. The van der Waals surface area contributed by atoms with Crippen LogP contribution >= 0.6 is 11.3 Å². The Hall–Kier alpha value is -3.45. The molecule has 0 fully saturated rings. The topological polar surface area (TPSA) is 69.9 Å². The molecule has 0 saturated carbocycles. The van der Waals surface area contributed by atoms with Crippen molar-refractivity contribution in [3.05, 3.63) is 96.2 Å². The largest absolute Gasteiger partial charge is 0.494 e. The molecule has 0 N–H and O–H groups in total. The molecule has 0 amide bonds. The van der Waals surface area contributed by atoms with Crippen LogP contribution in [0.15, 0.2) is 69.6 Å². The Bertz CT molecular complexity index is 1460. The Labute approximate surface area is 221 Å². The Morgan fingerprint density at radius 1 is 1.05 bits per heavy atom. The lowest BCUT2D eigenvalue weighted by molar-refractivity contribution is -0.139. The minimum absolute atomic E-state index is 0.173. The summed E-state index contributed by atoms with van der Waals surface area (Å²) in [5.41, 5.74) is 3.92. The third kappa shape index (κ3) is 5.62. The minimum atomic E-state index is -0.597. The van der Waals surface area contributed by atoms with E-state index in [9.17, 15) is 9.59 Å². The van der Waals surface area contributed by atoms with Crippen LogP contribution in [-0.2, 0) is 9.53 Å².